The fourth-order valence-electron chi connectivity index (χ4n) is 3.63. The molecule has 176 valence electrons. The number of amides is 2. The van der Waals surface area contributed by atoms with Crippen LogP contribution in [0.2, 0.25) is 0 Å². The smallest absolute Gasteiger partial charge is 0.416 e. The van der Waals surface area contributed by atoms with Crippen LogP contribution in [0, 0.1) is 0 Å². The van der Waals surface area contributed by atoms with E-state index in [0.717, 1.165) is 23.4 Å². The summed E-state index contributed by atoms with van der Waals surface area (Å²) in [5.41, 5.74) is 0.947. The molecule has 3 aromatic carbocycles. The Hall–Kier alpha value is -3.46. The molecule has 5 nitrogen and oxygen atoms in total. The molecular weight excluding hydrogens is 465 g/mol. The number of thioether (sulfide) groups is 1. The minimum absolute atomic E-state index is 0.0439. The van der Waals surface area contributed by atoms with Crippen LogP contribution >= 0.6 is 11.8 Å². The van der Waals surface area contributed by atoms with E-state index in [1.165, 1.54) is 23.9 Å². The number of carbonyl (C=O) groups is 2. The number of hydrogen-bond donors (Lipinski definition) is 1. The summed E-state index contributed by atoms with van der Waals surface area (Å²) < 4.78 is 44.4. The van der Waals surface area contributed by atoms with Gasteiger partial charge in [-0.3, -0.25) is 14.5 Å². The number of nitrogens with zero attached hydrogens (tertiary/aromatic N) is 1. The predicted octanol–water partition coefficient (Wildman–Crippen LogP) is 6.14. The fourth-order valence-corrected chi connectivity index (χ4v) is 4.80. The lowest BCUT2D eigenvalue weighted by Gasteiger charge is -2.25. The van der Waals surface area contributed by atoms with Crippen LogP contribution in [0.3, 0.4) is 0 Å². The molecule has 0 aromatic heterocycles. The van der Waals surface area contributed by atoms with Gasteiger partial charge in [0, 0.05) is 16.9 Å². The maximum atomic E-state index is 13.0. The summed E-state index contributed by atoms with van der Waals surface area (Å²) in [7, 11) is 0. The summed E-state index contributed by atoms with van der Waals surface area (Å²) in [6.45, 7) is 2.43. The molecule has 1 heterocycles. The van der Waals surface area contributed by atoms with Crippen molar-refractivity contribution in [1.29, 1.82) is 0 Å². The van der Waals surface area contributed by atoms with Gasteiger partial charge in [-0.15, -0.1) is 11.8 Å². The Labute approximate surface area is 198 Å². The molecule has 9 heteroatoms. The second-order valence-electron chi connectivity index (χ2n) is 7.51. The average molecular weight is 487 g/mol. The van der Waals surface area contributed by atoms with Gasteiger partial charge in [0.1, 0.15) is 11.1 Å². The van der Waals surface area contributed by atoms with E-state index in [9.17, 15) is 22.8 Å². The molecule has 3 aromatic rings. The molecule has 0 saturated carbocycles. The van der Waals surface area contributed by atoms with Crippen LogP contribution in [0.4, 0.5) is 24.5 Å². The highest BCUT2D eigenvalue weighted by atomic mass is 32.2. The van der Waals surface area contributed by atoms with Crippen molar-refractivity contribution in [2.45, 2.75) is 18.5 Å². The fraction of sp³-hybridized carbons (Fsp3) is 0.200. The van der Waals surface area contributed by atoms with E-state index >= 15 is 0 Å². The van der Waals surface area contributed by atoms with Crippen LogP contribution in [0.1, 0.15) is 33.8 Å². The summed E-state index contributed by atoms with van der Waals surface area (Å²) in [6.07, 6.45) is -4.53. The van der Waals surface area contributed by atoms with Crippen LogP contribution in [-0.4, -0.2) is 24.2 Å². The van der Waals surface area contributed by atoms with Gasteiger partial charge in [0.05, 0.1) is 17.9 Å². The minimum Gasteiger partial charge on any atom is -0.494 e. The normalized spacial score (nSPS) is 15.9. The molecule has 0 spiro atoms. The van der Waals surface area contributed by atoms with Gasteiger partial charge in [0.15, 0.2) is 0 Å². The van der Waals surface area contributed by atoms with Crippen molar-refractivity contribution in [2.75, 3.05) is 22.6 Å². The first-order valence-electron chi connectivity index (χ1n) is 10.5. The van der Waals surface area contributed by atoms with Crippen LogP contribution in [-0.2, 0) is 11.0 Å². The second kappa shape index (κ2) is 9.80. The molecule has 1 N–H and O–H groups in total. The SMILES string of the molecule is CCOc1ccc(N2C(=O)CS[C@H]2c2cccc(NC(=O)c3cccc(C(F)(F)F)c3)c2)cc1. The maximum Gasteiger partial charge on any atom is 0.416 e. The topological polar surface area (TPSA) is 58.6 Å². The molecule has 1 saturated heterocycles. The second-order valence-corrected chi connectivity index (χ2v) is 8.58. The van der Waals surface area contributed by atoms with E-state index in [2.05, 4.69) is 5.32 Å². The first-order chi connectivity index (χ1) is 16.3. The number of carbonyl (C=O) groups excluding carboxylic acids is 2. The number of anilines is 2. The van der Waals surface area contributed by atoms with Gasteiger partial charge in [-0.1, -0.05) is 18.2 Å². The van der Waals surface area contributed by atoms with E-state index in [0.29, 0.717) is 23.8 Å². The third-order valence-corrected chi connectivity index (χ3v) is 6.39. The Morgan fingerprint density at radius 1 is 1.09 bits per heavy atom. The van der Waals surface area contributed by atoms with Crippen molar-refractivity contribution >= 4 is 35.0 Å². The number of halogens is 3. The molecule has 1 aliphatic heterocycles. The molecule has 1 aliphatic rings. The van der Waals surface area contributed by atoms with Crippen molar-refractivity contribution < 1.29 is 27.5 Å². The van der Waals surface area contributed by atoms with Crippen LogP contribution in [0.5, 0.6) is 5.75 Å². The van der Waals surface area contributed by atoms with Gasteiger partial charge in [0.25, 0.3) is 5.91 Å². The molecule has 4 rings (SSSR count). The highest BCUT2D eigenvalue weighted by Crippen LogP contribution is 2.42. The first kappa shape index (κ1) is 23.7. The molecule has 1 atom stereocenters. The molecule has 1 fully saturated rings. The Kier molecular flexibility index (Phi) is 6.83. The largest absolute Gasteiger partial charge is 0.494 e. The molecule has 0 radical (unpaired) electrons. The zero-order valence-corrected chi connectivity index (χ0v) is 19.0. The van der Waals surface area contributed by atoms with E-state index in [-0.39, 0.29) is 16.8 Å². The molecule has 0 unspecified atom stereocenters. The summed E-state index contributed by atoms with van der Waals surface area (Å²) in [5.74, 6) is 0.319. The quantitative estimate of drug-likeness (QED) is 0.455. The van der Waals surface area contributed by atoms with E-state index < -0.39 is 17.6 Å². The lowest BCUT2D eigenvalue weighted by atomic mass is 10.1. The molecule has 2 amide bonds. The van der Waals surface area contributed by atoms with Crippen molar-refractivity contribution in [1.82, 2.24) is 0 Å². The molecule has 34 heavy (non-hydrogen) atoms. The molecule has 0 aliphatic carbocycles. The Bertz CT molecular complexity index is 1200. The Morgan fingerprint density at radius 2 is 1.82 bits per heavy atom. The van der Waals surface area contributed by atoms with Crippen molar-refractivity contribution in [2.24, 2.45) is 0 Å². The summed E-state index contributed by atoms with van der Waals surface area (Å²) in [5, 5.41) is 2.34. The first-order valence-corrected chi connectivity index (χ1v) is 11.6. The Balaban J connectivity index is 1.54. The average Bonchev–Trinajstić information content (AvgIpc) is 3.21. The predicted molar refractivity (Wildman–Crippen MR) is 126 cm³/mol. The standard InChI is InChI=1S/C25H21F3N2O3S/c1-2-33-21-11-9-20(10-12-21)30-22(31)15-34-24(30)17-6-4-8-19(14-17)29-23(32)16-5-3-7-18(13-16)25(26,27)28/h3-14,24H,2,15H2,1H3,(H,29,32)/t24-/m0/s1. The summed E-state index contributed by atoms with van der Waals surface area (Å²) in [6, 6.07) is 18.5. The van der Waals surface area contributed by atoms with Crippen LogP contribution < -0.4 is 15.0 Å². The van der Waals surface area contributed by atoms with Crippen LogP contribution in [0.25, 0.3) is 0 Å². The molecular formula is C25H21F3N2O3S. The van der Waals surface area contributed by atoms with E-state index in [1.54, 1.807) is 35.2 Å². The lowest BCUT2D eigenvalue weighted by Crippen LogP contribution is -2.27. The third-order valence-electron chi connectivity index (χ3n) is 5.18. The monoisotopic (exact) mass is 486 g/mol. The van der Waals surface area contributed by atoms with Gasteiger partial charge < -0.3 is 10.1 Å². The summed E-state index contributed by atoms with van der Waals surface area (Å²) in [4.78, 5) is 26.9. The van der Waals surface area contributed by atoms with Crippen LogP contribution in [0.15, 0.2) is 72.8 Å². The van der Waals surface area contributed by atoms with Crippen molar-refractivity contribution in [3.8, 4) is 5.75 Å². The van der Waals surface area contributed by atoms with Gasteiger partial charge in [0.2, 0.25) is 5.91 Å². The number of hydrogen-bond acceptors (Lipinski definition) is 4. The number of rotatable bonds is 6. The zero-order valence-electron chi connectivity index (χ0n) is 18.1. The van der Waals surface area contributed by atoms with Gasteiger partial charge in [-0.2, -0.15) is 13.2 Å². The zero-order chi connectivity index (χ0) is 24.3. The van der Waals surface area contributed by atoms with Gasteiger partial charge >= 0.3 is 6.18 Å². The van der Waals surface area contributed by atoms with Gasteiger partial charge in [-0.05, 0) is 67.1 Å². The highest BCUT2D eigenvalue weighted by molar-refractivity contribution is 8.00. The van der Waals surface area contributed by atoms with E-state index in [4.69, 9.17) is 4.74 Å². The number of alkyl halides is 3. The van der Waals surface area contributed by atoms with Crippen molar-refractivity contribution in [3.05, 3.63) is 89.5 Å². The number of nitrogens with one attached hydrogen (secondary N) is 1. The Morgan fingerprint density at radius 3 is 2.53 bits per heavy atom. The third kappa shape index (κ3) is 5.20. The maximum absolute atomic E-state index is 13.0. The highest BCUT2D eigenvalue weighted by Gasteiger charge is 2.34. The number of benzene rings is 3. The molecule has 0 bridgehead atoms. The summed E-state index contributed by atoms with van der Waals surface area (Å²) >= 11 is 1.46. The lowest BCUT2D eigenvalue weighted by molar-refractivity contribution is -0.137. The van der Waals surface area contributed by atoms with Crippen molar-refractivity contribution in [3.63, 3.8) is 0 Å². The minimum atomic E-state index is -4.53. The van der Waals surface area contributed by atoms with Gasteiger partial charge in [-0.25, -0.2) is 0 Å². The number of ether oxygens (including phenoxy) is 1. The van der Waals surface area contributed by atoms with E-state index in [1.807, 2.05) is 25.1 Å².